The van der Waals surface area contributed by atoms with Crippen molar-refractivity contribution in [1.29, 1.82) is 0 Å². The van der Waals surface area contributed by atoms with Crippen LogP contribution in [0.15, 0.2) is 24.4 Å². The van der Waals surface area contributed by atoms with Crippen molar-refractivity contribution in [2.24, 2.45) is 17.8 Å². The molecule has 4 rings (SSSR count). The highest BCUT2D eigenvalue weighted by molar-refractivity contribution is 6.12. The Kier molecular flexibility index (Phi) is 2.64. The maximum absolute atomic E-state index is 12.8. The minimum Gasteiger partial charge on any atom is -0.360 e. The van der Waals surface area contributed by atoms with Gasteiger partial charge >= 0.3 is 0 Å². The van der Waals surface area contributed by atoms with Crippen molar-refractivity contribution in [2.75, 3.05) is 0 Å². The third-order valence-electron chi connectivity index (χ3n) is 5.11. The van der Waals surface area contributed by atoms with Crippen molar-refractivity contribution in [3.05, 3.63) is 40.1 Å². The smallest absolute Gasteiger partial charge is 0.279 e. The number of hydrogen-bond acceptors (Lipinski definition) is 3. The molecule has 2 fully saturated rings. The summed E-state index contributed by atoms with van der Waals surface area (Å²) in [7, 11) is 0. The van der Waals surface area contributed by atoms with E-state index in [1.807, 2.05) is 0 Å². The van der Waals surface area contributed by atoms with Crippen molar-refractivity contribution < 1.29 is 9.72 Å². The minimum atomic E-state index is -0.410. The highest BCUT2D eigenvalue weighted by atomic mass is 16.6. The van der Waals surface area contributed by atoms with Gasteiger partial charge in [-0.2, -0.15) is 0 Å². The molecule has 1 heterocycles. The van der Waals surface area contributed by atoms with E-state index >= 15 is 0 Å². The minimum absolute atomic E-state index is 0.0146. The third-order valence-corrected chi connectivity index (χ3v) is 5.11. The summed E-state index contributed by atoms with van der Waals surface area (Å²) in [6.07, 6.45) is 6.32. The number of aromatic amines is 1. The van der Waals surface area contributed by atoms with Crippen LogP contribution in [-0.2, 0) is 0 Å². The molecule has 2 atom stereocenters. The van der Waals surface area contributed by atoms with E-state index in [2.05, 4.69) is 4.98 Å². The van der Waals surface area contributed by atoms with Crippen LogP contribution in [0, 0.1) is 27.9 Å². The number of non-ortho nitro benzene ring substituents is 1. The lowest BCUT2D eigenvalue weighted by Crippen LogP contribution is -2.04. The zero-order chi connectivity index (χ0) is 14.6. The van der Waals surface area contributed by atoms with Crippen LogP contribution in [0.1, 0.15) is 36.0 Å². The van der Waals surface area contributed by atoms with E-state index in [-0.39, 0.29) is 17.4 Å². The normalized spacial score (nSPS) is 27.3. The van der Waals surface area contributed by atoms with Gasteiger partial charge in [0.1, 0.15) is 0 Å². The number of nitrogens with one attached hydrogen (secondary N) is 1. The van der Waals surface area contributed by atoms with Gasteiger partial charge in [0.25, 0.3) is 5.69 Å². The number of H-pyrrole nitrogens is 1. The Morgan fingerprint density at radius 1 is 1.24 bits per heavy atom. The number of nitrogens with zero attached hydrogens (tertiary/aromatic N) is 1. The van der Waals surface area contributed by atoms with Crippen LogP contribution in [0.2, 0.25) is 0 Å². The number of carbonyl (C=O) groups excluding carboxylic acids is 1. The van der Waals surface area contributed by atoms with Crippen LogP contribution in [0.4, 0.5) is 5.69 Å². The van der Waals surface area contributed by atoms with Crippen molar-refractivity contribution in [3.8, 4) is 0 Å². The lowest BCUT2D eigenvalue weighted by atomic mass is 10.0. The summed E-state index contributed by atoms with van der Waals surface area (Å²) < 4.78 is 0. The van der Waals surface area contributed by atoms with Gasteiger partial charge in [-0.3, -0.25) is 14.9 Å². The van der Waals surface area contributed by atoms with Crippen LogP contribution >= 0.6 is 0 Å². The predicted octanol–water partition coefficient (Wildman–Crippen LogP) is 3.70. The summed E-state index contributed by atoms with van der Waals surface area (Å²) in [6.45, 7) is 0. The summed E-state index contributed by atoms with van der Waals surface area (Å²) >= 11 is 0. The van der Waals surface area contributed by atoms with Crippen molar-refractivity contribution >= 4 is 22.4 Å². The van der Waals surface area contributed by atoms with Crippen LogP contribution < -0.4 is 0 Å². The molecule has 2 saturated carbocycles. The van der Waals surface area contributed by atoms with Crippen LogP contribution in [0.25, 0.3) is 10.9 Å². The number of benzene rings is 1. The number of rotatable bonds is 3. The first-order chi connectivity index (χ1) is 10.2. The van der Waals surface area contributed by atoms with E-state index in [1.54, 1.807) is 18.3 Å². The molecule has 1 aromatic carbocycles. The van der Waals surface area contributed by atoms with E-state index < -0.39 is 4.92 Å². The fourth-order valence-corrected chi connectivity index (χ4v) is 4.07. The molecular weight excluding hydrogens is 268 g/mol. The number of hydrogen-bond donors (Lipinski definition) is 1. The average molecular weight is 284 g/mol. The molecule has 1 N–H and O–H groups in total. The first-order valence-electron chi connectivity index (χ1n) is 7.47. The summed E-state index contributed by atoms with van der Waals surface area (Å²) in [5, 5.41) is 11.7. The molecule has 2 aliphatic carbocycles. The first-order valence-corrected chi connectivity index (χ1v) is 7.47. The number of fused-ring (bicyclic) bond motifs is 2. The number of nitro benzene ring substituents is 1. The zero-order valence-corrected chi connectivity index (χ0v) is 11.5. The van der Waals surface area contributed by atoms with Crippen LogP contribution in [0.3, 0.4) is 0 Å². The van der Waals surface area contributed by atoms with Crippen LogP contribution in [0.5, 0.6) is 0 Å². The van der Waals surface area contributed by atoms with Gasteiger partial charge in [0.15, 0.2) is 5.78 Å². The van der Waals surface area contributed by atoms with E-state index in [4.69, 9.17) is 0 Å². The molecule has 0 saturated heterocycles. The molecule has 21 heavy (non-hydrogen) atoms. The number of aromatic nitrogens is 1. The third kappa shape index (κ3) is 1.80. The van der Waals surface area contributed by atoms with Gasteiger partial charge in [-0.05, 0) is 30.7 Å². The fourth-order valence-electron chi connectivity index (χ4n) is 4.07. The summed E-state index contributed by atoms with van der Waals surface area (Å²) in [5.41, 5.74) is 1.17. The zero-order valence-electron chi connectivity index (χ0n) is 11.5. The first kappa shape index (κ1) is 12.6. The molecule has 2 aromatic rings. The standard InChI is InChI=1S/C16H16N2O3/c19-16(14-9-4-1-2-5-10(9)14)11-8-17-12-6-3-7-13(15(11)12)18(20)21/h3,6-10,14,17H,1-2,4-5H2. The van der Waals surface area contributed by atoms with E-state index in [9.17, 15) is 14.9 Å². The Hall–Kier alpha value is -2.17. The second-order valence-corrected chi connectivity index (χ2v) is 6.16. The Morgan fingerprint density at radius 3 is 2.62 bits per heavy atom. The largest absolute Gasteiger partial charge is 0.360 e. The maximum Gasteiger partial charge on any atom is 0.279 e. The molecule has 0 aliphatic heterocycles. The maximum atomic E-state index is 12.8. The van der Waals surface area contributed by atoms with Gasteiger partial charge in [0, 0.05) is 18.2 Å². The topological polar surface area (TPSA) is 76.0 Å². The summed E-state index contributed by atoms with van der Waals surface area (Å²) in [5.74, 6) is 1.21. The van der Waals surface area contributed by atoms with E-state index in [0.29, 0.717) is 28.3 Å². The lowest BCUT2D eigenvalue weighted by Gasteiger charge is -2.04. The van der Waals surface area contributed by atoms with Gasteiger partial charge in [0.05, 0.1) is 21.4 Å². The summed E-state index contributed by atoms with van der Waals surface area (Å²) in [6, 6.07) is 4.88. The Bertz CT molecular complexity index is 737. The SMILES string of the molecule is O=C(c1c[nH]c2cccc([N+](=O)[O-])c12)C1C2CCCCC21. The molecule has 0 spiro atoms. The Balaban J connectivity index is 1.77. The van der Waals surface area contributed by atoms with Gasteiger partial charge in [-0.15, -0.1) is 0 Å². The predicted molar refractivity (Wildman–Crippen MR) is 78.2 cm³/mol. The van der Waals surface area contributed by atoms with E-state index in [1.165, 1.54) is 18.9 Å². The van der Waals surface area contributed by atoms with Crippen molar-refractivity contribution in [2.45, 2.75) is 25.7 Å². The van der Waals surface area contributed by atoms with Gasteiger partial charge in [-0.1, -0.05) is 18.9 Å². The Labute approximate surface area is 121 Å². The molecule has 0 amide bonds. The Morgan fingerprint density at radius 2 is 1.95 bits per heavy atom. The molecule has 5 heteroatoms. The molecule has 5 nitrogen and oxygen atoms in total. The lowest BCUT2D eigenvalue weighted by molar-refractivity contribution is -0.383. The van der Waals surface area contributed by atoms with Crippen molar-refractivity contribution in [3.63, 3.8) is 0 Å². The number of ketones is 1. The van der Waals surface area contributed by atoms with Gasteiger partial charge in [-0.25, -0.2) is 0 Å². The molecule has 2 unspecified atom stereocenters. The number of Topliss-reactive ketones (excluding diaryl/α,β-unsaturated/α-hetero) is 1. The van der Waals surface area contributed by atoms with Crippen LogP contribution in [-0.4, -0.2) is 15.7 Å². The summed E-state index contributed by atoms with van der Waals surface area (Å²) in [4.78, 5) is 26.6. The molecule has 108 valence electrons. The second-order valence-electron chi connectivity index (χ2n) is 6.16. The van der Waals surface area contributed by atoms with Gasteiger partial charge in [0.2, 0.25) is 0 Å². The second kappa shape index (κ2) is 4.41. The molecule has 0 bridgehead atoms. The van der Waals surface area contributed by atoms with Crippen molar-refractivity contribution in [1.82, 2.24) is 4.98 Å². The molecule has 2 aliphatic rings. The quantitative estimate of drug-likeness (QED) is 0.530. The average Bonchev–Trinajstić information content (AvgIpc) is 3.06. The highest BCUT2D eigenvalue weighted by Gasteiger charge is 2.55. The fraction of sp³-hybridized carbons (Fsp3) is 0.438. The number of carbonyl (C=O) groups is 1. The number of nitro groups is 1. The highest BCUT2D eigenvalue weighted by Crippen LogP contribution is 2.57. The van der Waals surface area contributed by atoms with E-state index in [0.717, 1.165) is 12.8 Å². The molecule has 1 aromatic heterocycles. The molecule has 0 radical (unpaired) electrons. The van der Waals surface area contributed by atoms with Gasteiger partial charge < -0.3 is 4.98 Å². The molecular formula is C16H16N2O3. The monoisotopic (exact) mass is 284 g/mol.